The first-order valence-corrected chi connectivity index (χ1v) is 7.48. The van der Waals surface area contributed by atoms with Crippen molar-refractivity contribution < 1.29 is 9.13 Å². The summed E-state index contributed by atoms with van der Waals surface area (Å²) in [6.07, 6.45) is 7.73. The molecule has 0 fully saturated rings. The fraction of sp³-hybridized carbons (Fsp3) is 0.412. The smallest absolute Gasteiger partial charge is 0.153 e. The molecule has 1 aromatic rings. The van der Waals surface area contributed by atoms with Crippen LogP contribution in [0.2, 0.25) is 5.02 Å². The zero-order chi connectivity index (χ0) is 14.5. The topological polar surface area (TPSA) is 9.23 Å². The first-order valence-electron chi connectivity index (χ1n) is 7.10. The fourth-order valence-corrected chi connectivity index (χ4v) is 2.64. The molecule has 1 unspecified atom stereocenters. The number of ether oxygens (including phenoxy) is 1. The number of allylic oxidation sites excluding steroid dienone is 3. The van der Waals surface area contributed by atoms with Crippen LogP contribution in [0.15, 0.2) is 30.9 Å². The Morgan fingerprint density at radius 1 is 1.50 bits per heavy atom. The minimum Gasteiger partial charge on any atom is -0.492 e. The largest absolute Gasteiger partial charge is 0.492 e. The number of rotatable bonds is 5. The number of hydrogen-bond donors (Lipinski definition) is 0. The van der Waals surface area contributed by atoms with Crippen molar-refractivity contribution >= 4 is 17.2 Å². The Kier molecular flexibility index (Phi) is 5.24. The van der Waals surface area contributed by atoms with Crippen LogP contribution in [0.25, 0.3) is 5.57 Å². The molecule has 0 heterocycles. The lowest BCUT2D eigenvalue weighted by atomic mass is 9.86. The van der Waals surface area contributed by atoms with Gasteiger partial charge in [-0.1, -0.05) is 30.7 Å². The Morgan fingerprint density at radius 2 is 2.30 bits per heavy atom. The molecular weight excluding hydrogens is 275 g/mol. The molecule has 0 bridgehead atoms. The highest BCUT2D eigenvalue weighted by Gasteiger charge is 2.19. The number of hydrogen-bond acceptors (Lipinski definition) is 1. The molecule has 1 aromatic carbocycles. The van der Waals surface area contributed by atoms with E-state index in [1.165, 1.54) is 0 Å². The van der Waals surface area contributed by atoms with Crippen LogP contribution in [-0.2, 0) is 0 Å². The standard InChI is InChI=1S/C17H20ClFO/c1-3-11-20-15-10-9-14(17(19)16(15)18)13-7-5-12(4-2)6-8-13/h4,7,9-10,12H,2-3,5-6,8,11H2,1H3. The van der Waals surface area contributed by atoms with Crippen LogP contribution in [0.1, 0.15) is 38.2 Å². The average molecular weight is 295 g/mol. The van der Waals surface area contributed by atoms with E-state index < -0.39 is 0 Å². The highest BCUT2D eigenvalue weighted by Crippen LogP contribution is 2.37. The Morgan fingerprint density at radius 3 is 2.90 bits per heavy atom. The van der Waals surface area contributed by atoms with Gasteiger partial charge in [-0.05, 0) is 49.3 Å². The SMILES string of the molecule is C=CC1CC=C(c2ccc(OCCC)c(Cl)c2F)CC1. The Bertz CT molecular complexity index is 522. The maximum atomic E-state index is 14.4. The van der Waals surface area contributed by atoms with Crippen molar-refractivity contribution in [3.8, 4) is 5.75 Å². The van der Waals surface area contributed by atoms with Crippen LogP contribution in [0.4, 0.5) is 4.39 Å². The summed E-state index contributed by atoms with van der Waals surface area (Å²) in [6, 6.07) is 3.53. The molecule has 1 nitrogen and oxygen atoms in total. The van der Waals surface area contributed by atoms with Crippen molar-refractivity contribution in [2.24, 2.45) is 5.92 Å². The third-order valence-corrected chi connectivity index (χ3v) is 3.99. The maximum Gasteiger partial charge on any atom is 0.153 e. The van der Waals surface area contributed by atoms with Gasteiger partial charge in [0.15, 0.2) is 5.82 Å². The first kappa shape index (κ1) is 15.1. The predicted octanol–water partition coefficient (Wildman–Crippen LogP) is 5.64. The number of halogens is 2. The Labute approximate surface area is 125 Å². The summed E-state index contributed by atoms with van der Waals surface area (Å²) in [5, 5.41) is 0.0858. The molecule has 0 aliphatic heterocycles. The second-order valence-electron chi connectivity index (χ2n) is 5.09. The second-order valence-corrected chi connectivity index (χ2v) is 5.47. The van der Waals surface area contributed by atoms with Gasteiger partial charge in [0.05, 0.1) is 6.61 Å². The Balaban J connectivity index is 2.23. The van der Waals surface area contributed by atoms with Gasteiger partial charge in [-0.2, -0.15) is 0 Å². The highest BCUT2D eigenvalue weighted by atomic mass is 35.5. The molecule has 2 rings (SSSR count). The molecule has 3 heteroatoms. The molecule has 0 amide bonds. The molecule has 0 saturated heterocycles. The van der Waals surface area contributed by atoms with E-state index in [2.05, 4.69) is 12.7 Å². The molecule has 1 aliphatic rings. The van der Waals surface area contributed by atoms with Crippen LogP contribution in [0.5, 0.6) is 5.75 Å². The summed E-state index contributed by atoms with van der Waals surface area (Å²) >= 11 is 6.07. The minimum atomic E-state index is -0.372. The van der Waals surface area contributed by atoms with Gasteiger partial charge in [0.25, 0.3) is 0 Å². The lowest BCUT2D eigenvalue weighted by Crippen LogP contribution is -2.04. The van der Waals surface area contributed by atoms with Gasteiger partial charge in [0, 0.05) is 5.56 Å². The highest BCUT2D eigenvalue weighted by molar-refractivity contribution is 6.32. The van der Waals surface area contributed by atoms with Crippen molar-refractivity contribution in [1.82, 2.24) is 0 Å². The van der Waals surface area contributed by atoms with Gasteiger partial charge in [-0.3, -0.25) is 0 Å². The summed E-state index contributed by atoms with van der Waals surface area (Å²) in [6.45, 7) is 6.36. The molecule has 108 valence electrons. The molecule has 0 saturated carbocycles. The van der Waals surface area contributed by atoms with Gasteiger partial charge in [-0.15, -0.1) is 6.58 Å². The van der Waals surface area contributed by atoms with Gasteiger partial charge < -0.3 is 4.74 Å². The summed E-state index contributed by atoms with van der Waals surface area (Å²) in [5.41, 5.74) is 1.63. The van der Waals surface area contributed by atoms with E-state index in [1.807, 2.05) is 13.0 Å². The van der Waals surface area contributed by atoms with Crippen LogP contribution in [0.3, 0.4) is 0 Å². The molecule has 20 heavy (non-hydrogen) atoms. The van der Waals surface area contributed by atoms with E-state index in [-0.39, 0.29) is 10.8 Å². The fourth-order valence-electron chi connectivity index (χ4n) is 2.42. The number of benzene rings is 1. The van der Waals surface area contributed by atoms with E-state index in [4.69, 9.17) is 16.3 Å². The van der Waals surface area contributed by atoms with E-state index in [0.29, 0.717) is 23.8 Å². The van der Waals surface area contributed by atoms with Gasteiger partial charge >= 0.3 is 0 Å². The average Bonchev–Trinajstić information content (AvgIpc) is 2.49. The van der Waals surface area contributed by atoms with Crippen LogP contribution < -0.4 is 4.74 Å². The third-order valence-electron chi connectivity index (χ3n) is 3.64. The van der Waals surface area contributed by atoms with Gasteiger partial charge in [-0.25, -0.2) is 4.39 Å². The zero-order valence-corrected chi connectivity index (χ0v) is 12.5. The van der Waals surface area contributed by atoms with Crippen molar-refractivity contribution in [2.45, 2.75) is 32.6 Å². The first-order chi connectivity index (χ1) is 9.67. The minimum absolute atomic E-state index is 0.0858. The zero-order valence-electron chi connectivity index (χ0n) is 11.8. The summed E-state index contributed by atoms with van der Waals surface area (Å²) < 4.78 is 19.8. The van der Waals surface area contributed by atoms with Crippen molar-refractivity contribution in [1.29, 1.82) is 0 Å². The van der Waals surface area contributed by atoms with Gasteiger partial charge in [0.2, 0.25) is 0 Å². The van der Waals surface area contributed by atoms with Crippen LogP contribution in [-0.4, -0.2) is 6.61 Å². The molecule has 0 aromatic heterocycles. The maximum absolute atomic E-state index is 14.4. The van der Waals surface area contributed by atoms with E-state index >= 15 is 0 Å². The second kappa shape index (κ2) is 6.94. The molecular formula is C17H20ClFO. The third kappa shape index (κ3) is 3.24. The normalized spacial score (nSPS) is 18.6. The van der Waals surface area contributed by atoms with Gasteiger partial charge in [0.1, 0.15) is 10.8 Å². The molecule has 0 radical (unpaired) electrons. The van der Waals surface area contributed by atoms with Crippen molar-refractivity contribution in [3.05, 3.63) is 47.3 Å². The van der Waals surface area contributed by atoms with Crippen molar-refractivity contribution in [2.75, 3.05) is 6.61 Å². The summed E-state index contributed by atoms with van der Waals surface area (Å²) in [7, 11) is 0. The summed E-state index contributed by atoms with van der Waals surface area (Å²) in [4.78, 5) is 0. The van der Waals surface area contributed by atoms with E-state index in [9.17, 15) is 4.39 Å². The lowest BCUT2D eigenvalue weighted by Gasteiger charge is -2.20. The van der Waals surface area contributed by atoms with Crippen LogP contribution >= 0.6 is 11.6 Å². The van der Waals surface area contributed by atoms with Crippen LogP contribution in [0, 0.1) is 11.7 Å². The monoisotopic (exact) mass is 294 g/mol. The lowest BCUT2D eigenvalue weighted by molar-refractivity contribution is 0.316. The predicted molar refractivity (Wildman–Crippen MR) is 82.7 cm³/mol. The Hall–Kier alpha value is -1.28. The van der Waals surface area contributed by atoms with Crippen molar-refractivity contribution in [3.63, 3.8) is 0 Å². The quantitative estimate of drug-likeness (QED) is 0.639. The summed E-state index contributed by atoms with van der Waals surface area (Å²) in [5.74, 6) is 0.558. The van der Waals surface area contributed by atoms with E-state index in [0.717, 1.165) is 31.3 Å². The molecule has 0 N–H and O–H groups in total. The molecule has 1 aliphatic carbocycles. The molecule has 1 atom stereocenters. The van der Waals surface area contributed by atoms with E-state index in [1.54, 1.807) is 12.1 Å². The molecule has 0 spiro atoms.